The summed E-state index contributed by atoms with van der Waals surface area (Å²) in [5.74, 6) is -1.22. The van der Waals surface area contributed by atoms with Gasteiger partial charge in [0.15, 0.2) is 11.6 Å². The second-order valence-electron chi connectivity index (χ2n) is 10.0. The van der Waals surface area contributed by atoms with Crippen LogP contribution in [0.3, 0.4) is 0 Å². The summed E-state index contributed by atoms with van der Waals surface area (Å²) in [6, 6.07) is 1.83. The molecule has 4 radical (unpaired) electrons. The highest BCUT2D eigenvalue weighted by molar-refractivity contribution is 6.41. The van der Waals surface area contributed by atoms with Crippen LogP contribution in [0.2, 0.25) is 5.21 Å². The summed E-state index contributed by atoms with van der Waals surface area (Å²) in [6.07, 6.45) is -0.0579. The number of imidazole rings is 1. The lowest BCUT2D eigenvalue weighted by atomic mass is 9.54. The molecule has 4 heterocycles. The van der Waals surface area contributed by atoms with E-state index in [1.807, 2.05) is 0 Å². The second-order valence-corrected chi connectivity index (χ2v) is 10.0. The molecular formula is C25H25B2F4N7O. The Bertz CT molecular complexity index is 1640. The number of rotatable bonds is 7. The van der Waals surface area contributed by atoms with Gasteiger partial charge in [-0.15, -0.1) is 5.10 Å². The van der Waals surface area contributed by atoms with Gasteiger partial charge in [0.05, 0.1) is 52.1 Å². The van der Waals surface area contributed by atoms with E-state index in [9.17, 15) is 13.6 Å². The Labute approximate surface area is 223 Å². The van der Waals surface area contributed by atoms with Gasteiger partial charge in [-0.2, -0.15) is 0 Å². The number of aromatic amines is 1. The molecular weight excluding hydrogens is 512 g/mol. The molecule has 1 fully saturated rings. The van der Waals surface area contributed by atoms with Crippen LogP contribution in [0.4, 0.5) is 23.5 Å². The first-order chi connectivity index (χ1) is 18.4. The molecule has 0 spiro atoms. The predicted molar refractivity (Wildman–Crippen MR) is 143 cm³/mol. The maximum Gasteiger partial charge on any atom is 0.277 e. The van der Waals surface area contributed by atoms with Gasteiger partial charge in [-0.25, -0.2) is 27.1 Å². The van der Waals surface area contributed by atoms with E-state index in [4.69, 9.17) is 15.7 Å². The van der Waals surface area contributed by atoms with Crippen molar-refractivity contribution < 1.29 is 17.6 Å². The first-order valence-corrected chi connectivity index (χ1v) is 12.4. The lowest BCUT2D eigenvalue weighted by Crippen LogP contribution is -2.49. The van der Waals surface area contributed by atoms with Gasteiger partial charge in [0.2, 0.25) is 5.95 Å². The topological polar surface area (TPSA) is 83.2 Å². The number of halogens is 4. The fourth-order valence-corrected chi connectivity index (χ4v) is 5.04. The van der Waals surface area contributed by atoms with E-state index in [2.05, 4.69) is 27.0 Å². The molecule has 2 unspecified atom stereocenters. The summed E-state index contributed by atoms with van der Waals surface area (Å²) in [5, 5.41) is 5.90. The molecule has 4 aromatic rings. The number of likely N-dealkylation sites (tertiary alicyclic amines) is 1. The first-order valence-electron chi connectivity index (χ1n) is 12.4. The van der Waals surface area contributed by atoms with E-state index >= 15 is 8.78 Å². The number of nitrogens with one attached hydrogen (secondary N) is 2. The third-order valence-corrected chi connectivity index (χ3v) is 7.06. The van der Waals surface area contributed by atoms with Gasteiger partial charge >= 0.3 is 0 Å². The highest BCUT2D eigenvalue weighted by atomic mass is 19.1. The zero-order valence-electron chi connectivity index (χ0n) is 21.4. The van der Waals surface area contributed by atoms with E-state index < -0.39 is 41.3 Å². The summed E-state index contributed by atoms with van der Waals surface area (Å²) in [7, 11) is 11.7. The molecule has 8 nitrogen and oxygen atoms in total. The zero-order chi connectivity index (χ0) is 28.2. The number of alkyl halides is 2. The average Bonchev–Trinajstić information content (AvgIpc) is 3.36. The molecule has 1 aliphatic rings. The van der Waals surface area contributed by atoms with Gasteiger partial charge in [-0.1, -0.05) is 18.7 Å². The van der Waals surface area contributed by atoms with Crippen LogP contribution >= 0.6 is 0 Å². The van der Waals surface area contributed by atoms with Gasteiger partial charge in [-0.05, 0) is 36.7 Å². The van der Waals surface area contributed by atoms with Gasteiger partial charge in [0.1, 0.15) is 29.7 Å². The third kappa shape index (κ3) is 4.80. The molecule has 0 aliphatic carbocycles. The van der Waals surface area contributed by atoms with E-state index in [1.54, 1.807) is 18.7 Å². The summed E-state index contributed by atoms with van der Waals surface area (Å²) in [5.41, 5.74) is -0.301. The predicted octanol–water partition coefficient (Wildman–Crippen LogP) is 3.41. The number of piperidine rings is 1. The molecule has 5 rings (SSSR count). The summed E-state index contributed by atoms with van der Waals surface area (Å²) >= 11 is 0. The number of anilines is 1. The molecule has 0 amide bonds. The number of hydrogen-bond donors (Lipinski definition) is 2. The van der Waals surface area contributed by atoms with Crippen molar-refractivity contribution in [1.29, 1.82) is 0 Å². The van der Waals surface area contributed by atoms with Gasteiger partial charge < -0.3 is 14.8 Å². The van der Waals surface area contributed by atoms with Crippen molar-refractivity contribution >= 4 is 38.2 Å². The quantitative estimate of drug-likeness (QED) is 0.279. The fraction of sp³-hybridized carbons (Fsp3) is 0.400. The van der Waals surface area contributed by atoms with Crippen molar-refractivity contribution in [2.24, 2.45) is 0 Å². The van der Waals surface area contributed by atoms with Crippen molar-refractivity contribution in [2.75, 3.05) is 25.1 Å². The number of allylic oxidation sites excluding steroid dienone is 1. The number of nitrogens with zero attached hydrogens (tertiary/aromatic N) is 5. The number of hydrogen-bond acceptors (Lipinski definition) is 5. The molecule has 3 aromatic heterocycles. The Morgan fingerprint density at radius 3 is 2.72 bits per heavy atom. The van der Waals surface area contributed by atoms with Gasteiger partial charge in [0, 0.05) is 6.54 Å². The Morgan fingerprint density at radius 1 is 1.31 bits per heavy atom. The van der Waals surface area contributed by atoms with Crippen molar-refractivity contribution in [2.45, 2.75) is 44.2 Å². The van der Waals surface area contributed by atoms with Crippen molar-refractivity contribution in [3.8, 4) is 11.1 Å². The van der Waals surface area contributed by atoms with Crippen LogP contribution in [-0.2, 0) is 6.54 Å². The molecule has 2 atom stereocenters. The number of aryl methyl sites for hydroxylation is 2. The summed E-state index contributed by atoms with van der Waals surface area (Å²) in [6.45, 7) is 6.70. The highest BCUT2D eigenvalue weighted by Gasteiger charge is 2.33. The summed E-state index contributed by atoms with van der Waals surface area (Å²) in [4.78, 5) is 21.4. The molecule has 1 aliphatic heterocycles. The fourth-order valence-electron chi connectivity index (χ4n) is 5.04. The van der Waals surface area contributed by atoms with Crippen LogP contribution in [0.15, 0.2) is 35.4 Å². The van der Waals surface area contributed by atoms with Crippen LogP contribution < -0.4 is 10.9 Å². The van der Waals surface area contributed by atoms with E-state index in [0.717, 1.165) is 16.8 Å². The molecule has 39 heavy (non-hydrogen) atoms. The largest absolute Gasteiger partial charge is 0.373 e. The molecule has 200 valence electrons. The van der Waals surface area contributed by atoms with Crippen molar-refractivity contribution in [1.82, 2.24) is 29.0 Å². The minimum Gasteiger partial charge on any atom is -0.373 e. The average molecular weight is 537 g/mol. The Hall–Kier alpha value is -3.70. The second kappa shape index (κ2) is 9.80. The maximum absolute atomic E-state index is 15.2. The highest BCUT2D eigenvalue weighted by Crippen LogP contribution is 2.33. The monoisotopic (exact) mass is 537 g/mol. The molecule has 0 saturated carbocycles. The number of fused-ring (bicyclic) bond motifs is 2. The SMILES string of the molecule is [B]C([B])(C)C(=C)N1CCC(Nc2nn3cc(F)c(-c4cc(F)c5nc(C)n(CCF)c5c4)c3c(=O)[nH]2)C(F)C1. The molecule has 0 bridgehead atoms. The van der Waals surface area contributed by atoms with E-state index in [-0.39, 0.29) is 46.7 Å². The molecule has 2 N–H and O–H groups in total. The molecule has 14 heteroatoms. The number of aromatic nitrogens is 5. The Balaban J connectivity index is 1.47. The van der Waals surface area contributed by atoms with Crippen LogP contribution in [0.5, 0.6) is 0 Å². The van der Waals surface area contributed by atoms with Gasteiger partial charge in [-0.3, -0.25) is 9.78 Å². The lowest BCUT2D eigenvalue weighted by Gasteiger charge is -2.41. The summed E-state index contributed by atoms with van der Waals surface area (Å²) < 4.78 is 60.7. The number of benzene rings is 1. The molecule has 1 aromatic carbocycles. The zero-order valence-corrected chi connectivity index (χ0v) is 21.4. The van der Waals surface area contributed by atoms with E-state index in [0.29, 0.717) is 24.5 Å². The first kappa shape index (κ1) is 26.9. The van der Waals surface area contributed by atoms with Crippen LogP contribution in [0, 0.1) is 18.6 Å². The Kier molecular flexibility index (Phi) is 6.76. The lowest BCUT2D eigenvalue weighted by molar-refractivity contribution is 0.150. The van der Waals surface area contributed by atoms with Crippen LogP contribution in [0.1, 0.15) is 19.2 Å². The maximum atomic E-state index is 15.2. The van der Waals surface area contributed by atoms with Crippen molar-refractivity contribution in [3.63, 3.8) is 0 Å². The standard InChI is InChI=1S/C25H25B2F4N7O/c1-12(25(3,26)27)36-6-4-18(16(30)10-36)33-24-34-23(39)22-20(17(31)11-38(22)35-24)14-8-15(29)21-19(9-14)37(7-5-28)13(2)32-21/h8-9,11,16,18H,1,4-7,10H2,2-3H3,(H2,33,34,35,39). The van der Waals surface area contributed by atoms with E-state index in [1.165, 1.54) is 10.6 Å². The minimum atomic E-state index is -1.37. The van der Waals surface area contributed by atoms with Crippen LogP contribution in [0.25, 0.3) is 27.7 Å². The number of H-pyrrole nitrogens is 1. The smallest absolute Gasteiger partial charge is 0.277 e. The van der Waals surface area contributed by atoms with Crippen molar-refractivity contribution in [3.05, 3.63) is 58.4 Å². The van der Waals surface area contributed by atoms with Crippen LogP contribution in [-0.4, -0.2) is 76.7 Å². The minimum absolute atomic E-state index is 0.0121. The third-order valence-electron chi connectivity index (χ3n) is 7.06. The van der Waals surface area contributed by atoms with Gasteiger partial charge in [0.25, 0.3) is 5.56 Å². The normalized spacial score (nSPS) is 18.3. The Morgan fingerprint density at radius 2 is 2.05 bits per heavy atom. The molecule has 1 saturated heterocycles.